The van der Waals surface area contributed by atoms with Crippen LogP contribution in [0.15, 0.2) is 35.6 Å². The first-order valence-electron chi connectivity index (χ1n) is 2.83. The van der Waals surface area contributed by atoms with Crippen molar-refractivity contribution in [2.24, 2.45) is 11.1 Å². The van der Waals surface area contributed by atoms with Gasteiger partial charge in [-0.1, -0.05) is 18.2 Å². The normalized spacial score (nSPS) is 7.36. The van der Waals surface area contributed by atoms with Crippen LogP contribution in [0.2, 0.25) is 0 Å². The molecule has 0 saturated heterocycles. The summed E-state index contributed by atoms with van der Waals surface area (Å²) in [6.07, 6.45) is 0. The summed E-state index contributed by atoms with van der Waals surface area (Å²) >= 11 is 0. The Morgan fingerprint density at radius 1 is 1.36 bits per heavy atom. The van der Waals surface area contributed by atoms with Crippen LogP contribution in [0.3, 0.4) is 0 Å². The summed E-state index contributed by atoms with van der Waals surface area (Å²) in [4.78, 5) is 8.33. The third kappa shape index (κ3) is 4.86. The average Bonchev–Trinajstić information content (AvgIpc) is 2.08. The van der Waals surface area contributed by atoms with E-state index in [9.17, 15) is 0 Å². The quantitative estimate of drug-likeness (QED) is 0.322. The Morgan fingerprint density at radius 3 is 2.09 bits per heavy atom. The van der Waals surface area contributed by atoms with Crippen molar-refractivity contribution in [1.82, 2.24) is 0 Å². The Bertz CT molecular complexity index is 190. The maximum Gasteiger partial charge on any atom is 0.0602 e. The van der Waals surface area contributed by atoms with Gasteiger partial charge in [-0.25, -0.2) is 0 Å². The number of nitroso groups, excluding NO2 is 1. The Hall–Kier alpha value is -1.62. The van der Waals surface area contributed by atoms with Crippen LogP contribution in [0.1, 0.15) is 0 Å². The van der Waals surface area contributed by atoms with E-state index < -0.39 is 0 Å². The lowest BCUT2D eigenvalue weighted by atomic mass is 10.3. The first kappa shape index (κ1) is 9.38. The van der Waals surface area contributed by atoms with Gasteiger partial charge >= 0.3 is 0 Å². The van der Waals surface area contributed by atoms with Gasteiger partial charge in [-0.15, -0.1) is 4.91 Å². The van der Waals surface area contributed by atoms with Gasteiger partial charge in [0.1, 0.15) is 0 Å². The van der Waals surface area contributed by atoms with Crippen molar-refractivity contribution in [3.63, 3.8) is 0 Å². The zero-order chi connectivity index (χ0) is 8.53. The third-order valence-electron chi connectivity index (χ3n) is 0.903. The Kier molecular flexibility index (Phi) is 5.54. The molecule has 0 aromatic heterocycles. The smallest absolute Gasteiger partial charge is 0.0602 e. The Balaban J connectivity index is 0.000000292. The summed E-state index contributed by atoms with van der Waals surface area (Å²) in [7, 11) is 0. The third-order valence-corrected chi connectivity index (χ3v) is 0.903. The van der Waals surface area contributed by atoms with Gasteiger partial charge in [0.2, 0.25) is 0 Å². The second-order valence-electron chi connectivity index (χ2n) is 1.58. The van der Waals surface area contributed by atoms with E-state index in [1.54, 1.807) is 17.4 Å². The van der Waals surface area contributed by atoms with Gasteiger partial charge in [-0.2, -0.15) is 0 Å². The van der Waals surface area contributed by atoms with Gasteiger partial charge in [0.15, 0.2) is 0 Å². The molecule has 0 amide bonds. The number of rotatable bonds is 1. The van der Waals surface area contributed by atoms with Crippen LogP contribution < -0.4 is 11.3 Å². The molecule has 5 heteroatoms. The molecule has 4 N–H and O–H groups in total. The number of benzene rings is 1. The van der Waals surface area contributed by atoms with Gasteiger partial charge < -0.3 is 0 Å². The van der Waals surface area contributed by atoms with E-state index in [1.165, 1.54) is 0 Å². The highest BCUT2D eigenvalue weighted by atomic mass is 16.5. The van der Waals surface area contributed by atoms with E-state index in [4.69, 9.17) is 10.1 Å². The highest BCUT2D eigenvalue weighted by Gasteiger charge is 1.79. The minimum Gasteiger partial charge on any atom is -0.291 e. The van der Waals surface area contributed by atoms with Crippen LogP contribution in [-0.2, 0) is 0 Å². The highest BCUT2D eigenvalue weighted by molar-refractivity contribution is 5.39. The van der Waals surface area contributed by atoms with Crippen molar-refractivity contribution in [3.8, 4) is 0 Å². The van der Waals surface area contributed by atoms with Crippen molar-refractivity contribution in [2.75, 3.05) is 5.48 Å². The first-order valence-corrected chi connectivity index (χ1v) is 2.83. The standard InChI is InChI=1S/C6H7NO.H2N2O/c8-7-6-4-2-1-3-5-6;1-2-3/h1-5,7-8H;(H2,1,3). The fourth-order valence-electron chi connectivity index (χ4n) is 0.513. The molecule has 5 nitrogen and oxygen atoms in total. The van der Waals surface area contributed by atoms with Crippen LogP contribution in [-0.4, -0.2) is 5.21 Å². The summed E-state index contributed by atoms with van der Waals surface area (Å²) < 4.78 is 0. The van der Waals surface area contributed by atoms with Gasteiger partial charge in [-0.05, 0) is 12.1 Å². The summed E-state index contributed by atoms with van der Waals surface area (Å²) in [6, 6.07) is 9.14. The van der Waals surface area contributed by atoms with Crippen LogP contribution in [0.5, 0.6) is 0 Å². The molecule has 1 rings (SSSR count). The lowest BCUT2D eigenvalue weighted by molar-refractivity contribution is 0.389. The molecule has 0 radical (unpaired) electrons. The Morgan fingerprint density at radius 2 is 1.82 bits per heavy atom. The van der Waals surface area contributed by atoms with Crippen LogP contribution >= 0.6 is 0 Å². The maximum absolute atomic E-state index is 8.33. The molecule has 0 unspecified atom stereocenters. The van der Waals surface area contributed by atoms with Gasteiger partial charge in [0, 0.05) is 5.29 Å². The summed E-state index contributed by atoms with van der Waals surface area (Å²) in [5, 5.41) is 10.0. The fraction of sp³-hybridized carbons (Fsp3) is 0. The maximum atomic E-state index is 8.33. The van der Waals surface area contributed by atoms with E-state index in [-0.39, 0.29) is 0 Å². The topological polar surface area (TPSA) is 87.7 Å². The summed E-state index contributed by atoms with van der Waals surface area (Å²) in [5.41, 5.74) is 2.74. The molecule has 0 heterocycles. The molecular weight excluding hydrogens is 146 g/mol. The van der Waals surface area contributed by atoms with Crippen molar-refractivity contribution < 1.29 is 5.21 Å². The van der Waals surface area contributed by atoms with E-state index in [0.29, 0.717) is 5.69 Å². The second-order valence-corrected chi connectivity index (χ2v) is 1.58. The molecule has 0 bridgehead atoms. The molecule has 0 atom stereocenters. The lowest BCUT2D eigenvalue weighted by Gasteiger charge is -1.92. The van der Waals surface area contributed by atoms with Crippen LogP contribution in [0.4, 0.5) is 5.69 Å². The van der Waals surface area contributed by atoms with Gasteiger partial charge in [-0.3, -0.25) is 16.5 Å². The number of hydrogen-bond acceptors (Lipinski definition) is 4. The molecule has 0 saturated carbocycles. The number of anilines is 1. The molecule has 11 heavy (non-hydrogen) atoms. The monoisotopic (exact) mass is 155 g/mol. The molecule has 0 aliphatic rings. The SMILES string of the molecule is NN=O.ONc1ccccc1. The number of nitrogens with one attached hydrogen (secondary N) is 1. The first-order chi connectivity index (χ1) is 5.35. The fourth-order valence-corrected chi connectivity index (χ4v) is 0.513. The molecule has 1 aromatic rings. The van der Waals surface area contributed by atoms with E-state index in [0.717, 1.165) is 0 Å². The van der Waals surface area contributed by atoms with Crippen molar-refractivity contribution in [3.05, 3.63) is 35.2 Å². The van der Waals surface area contributed by atoms with Gasteiger partial charge in [0.25, 0.3) is 0 Å². The second kappa shape index (κ2) is 6.50. The largest absolute Gasteiger partial charge is 0.291 e. The molecule has 60 valence electrons. The predicted octanol–water partition coefficient (Wildman–Crippen LogP) is 1.11. The van der Waals surface area contributed by atoms with Crippen molar-refractivity contribution in [1.29, 1.82) is 0 Å². The minimum absolute atomic E-state index is 0.715. The number of para-hydroxylation sites is 1. The molecule has 0 fully saturated rings. The number of nitrogens with two attached hydrogens (primary N) is 1. The number of hydrogen-bond donors (Lipinski definition) is 3. The van der Waals surface area contributed by atoms with Crippen LogP contribution in [0, 0.1) is 4.91 Å². The summed E-state index contributed by atoms with van der Waals surface area (Å²) in [6.45, 7) is 0. The average molecular weight is 155 g/mol. The molecule has 0 aliphatic heterocycles. The molecule has 0 aliphatic carbocycles. The minimum atomic E-state index is 0.715. The van der Waals surface area contributed by atoms with E-state index in [2.05, 4.69) is 5.84 Å². The van der Waals surface area contributed by atoms with Crippen molar-refractivity contribution >= 4 is 5.69 Å². The number of nitrogens with zero attached hydrogens (tertiary/aromatic N) is 1. The van der Waals surface area contributed by atoms with E-state index in [1.807, 2.05) is 23.7 Å². The predicted molar refractivity (Wildman–Crippen MR) is 41.8 cm³/mol. The molecule has 1 aromatic carbocycles. The zero-order valence-electron chi connectivity index (χ0n) is 5.77. The summed E-state index contributed by atoms with van der Waals surface area (Å²) in [5.74, 6) is 3.92. The van der Waals surface area contributed by atoms with Crippen LogP contribution in [0.25, 0.3) is 0 Å². The lowest BCUT2D eigenvalue weighted by Crippen LogP contribution is -1.85. The molecular formula is C6H9N3O2. The van der Waals surface area contributed by atoms with E-state index >= 15 is 0 Å². The molecule has 0 spiro atoms. The van der Waals surface area contributed by atoms with Crippen molar-refractivity contribution in [2.45, 2.75) is 0 Å². The zero-order valence-corrected chi connectivity index (χ0v) is 5.77. The highest BCUT2D eigenvalue weighted by Crippen LogP contribution is 2.01. The van der Waals surface area contributed by atoms with Gasteiger partial charge in [0.05, 0.1) is 5.69 Å². The Labute approximate surface area is 63.7 Å².